The molecule has 2 aromatic rings. The van der Waals surface area contributed by atoms with E-state index in [1.165, 1.54) is 11.8 Å². The summed E-state index contributed by atoms with van der Waals surface area (Å²) in [6.07, 6.45) is 4.13. The molecule has 6 nitrogen and oxygen atoms in total. The van der Waals surface area contributed by atoms with Crippen molar-refractivity contribution in [1.82, 2.24) is 14.8 Å². The topological polar surface area (TPSA) is 69.0 Å². The first-order valence-corrected chi connectivity index (χ1v) is 9.57. The Labute approximate surface area is 156 Å². The molecular formula is C19H20N4O2S. The lowest BCUT2D eigenvalue weighted by Gasteiger charge is -2.32. The zero-order chi connectivity index (χ0) is 18.1. The normalized spacial score (nSPS) is 18.8. The van der Waals surface area contributed by atoms with E-state index in [4.69, 9.17) is 4.74 Å². The number of hydrogen-bond acceptors (Lipinski definition) is 6. The van der Waals surface area contributed by atoms with E-state index in [0.717, 1.165) is 41.2 Å². The Morgan fingerprint density at radius 3 is 2.92 bits per heavy atom. The number of allylic oxidation sites excluding steroid dienone is 2. The minimum Gasteiger partial charge on any atom is -0.497 e. The fourth-order valence-corrected chi connectivity index (χ4v) is 3.99. The van der Waals surface area contributed by atoms with Gasteiger partial charge in [-0.15, -0.1) is 11.7 Å². The van der Waals surface area contributed by atoms with Gasteiger partial charge in [-0.05, 0) is 30.5 Å². The standard InChI is InChI=1S/C19H20N4O2S/c1-3-11-26-19-21-18-20-14-5-4-6-15(24)16(14)17(23(18)22-19)12-7-9-13(25-2)10-8-12/h3,7-10,17H,1,4-6,11H2,2H3,(H,20,21,22)/t17-/m0/s1. The second kappa shape index (κ2) is 6.99. The lowest BCUT2D eigenvalue weighted by atomic mass is 9.85. The average Bonchev–Trinajstić information content (AvgIpc) is 3.07. The Hall–Kier alpha value is -2.54. The van der Waals surface area contributed by atoms with E-state index >= 15 is 0 Å². The summed E-state index contributed by atoms with van der Waals surface area (Å²) in [7, 11) is 1.64. The highest BCUT2D eigenvalue weighted by Crippen LogP contribution is 2.40. The van der Waals surface area contributed by atoms with Crippen molar-refractivity contribution < 1.29 is 9.53 Å². The smallest absolute Gasteiger partial charge is 0.227 e. The summed E-state index contributed by atoms with van der Waals surface area (Å²) in [5.41, 5.74) is 2.78. The van der Waals surface area contributed by atoms with E-state index in [0.29, 0.717) is 17.5 Å². The quantitative estimate of drug-likeness (QED) is 0.642. The first kappa shape index (κ1) is 16.9. The highest BCUT2D eigenvalue weighted by molar-refractivity contribution is 7.99. The van der Waals surface area contributed by atoms with Crippen molar-refractivity contribution in [3.05, 3.63) is 53.8 Å². The van der Waals surface area contributed by atoms with E-state index in [1.54, 1.807) is 7.11 Å². The number of thioether (sulfide) groups is 1. The molecule has 1 aliphatic carbocycles. The first-order valence-electron chi connectivity index (χ1n) is 8.58. The molecule has 1 aromatic carbocycles. The molecule has 2 aliphatic rings. The zero-order valence-electron chi connectivity index (χ0n) is 14.6. The van der Waals surface area contributed by atoms with Gasteiger partial charge in [-0.3, -0.25) is 4.79 Å². The number of benzene rings is 1. The molecule has 0 amide bonds. The lowest BCUT2D eigenvalue weighted by Crippen LogP contribution is -2.31. The van der Waals surface area contributed by atoms with E-state index in [9.17, 15) is 4.79 Å². The minimum atomic E-state index is -0.259. The third kappa shape index (κ3) is 2.92. The Kier molecular flexibility index (Phi) is 4.55. The van der Waals surface area contributed by atoms with Gasteiger partial charge in [0.1, 0.15) is 11.8 Å². The molecule has 26 heavy (non-hydrogen) atoms. The van der Waals surface area contributed by atoms with E-state index in [1.807, 2.05) is 35.0 Å². The van der Waals surface area contributed by atoms with Crippen LogP contribution in [0.5, 0.6) is 5.75 Å². The Balaban J connectivity index is 1.81. The molecule has 0 saturated heterocycles. The van der Waals surface area contributed by atoms with Gasteiger partial charge < -0.3 is 10.1 Å². The third-order valence-corrected chi connectivity index (χ3v) is 5.44. The first-order chi connectivity index (χ1) is 12.7. The van der Waals surface area contributed by atoms with Crippen LogP contribution in [0.2, 0.25) is 0 Å². The monoisotopic (exact) mass is 368 g/mol. The van der Waals surface area contributed by atoms with Crippen LogP contribution < -0.4 is 10.1 Å². The molecule has 4 rings (SSSR count). The second-order valence-electron chi connectivity index (χ2n) is 6.23. The number of rotatable bonds is 5. The van der Waals surface area contributed by atoms with Gasteiger partial charge in [-0.2, -0.15) is 4.98 Å². The van der Waals surface area contributed by atoms with Crippen molar-refractivity contribution in [3.8, 4) is 5.75 Å². The van der Waals surface area contributed by atoms with Crippen LogP contribution in [0.4, 0.5) is 5.95 Å². The van der Waals surface area contributed by atoms with E-state index in [2.05, 4.69) is 22.0 Å². The Morgan fingerprint density at radius 2 is 2.19 bits per heavy atom. The minimum absolute atomic E-state index is 0.181. The summed E-state index contributed by atoms with van der Waals surface area (Å²) in [5, 5.41) is 8.67. The number of carbonyl (C=O) groups excluding carboxylic acids is 1. The molecular weight excluding hydrogens is 348 g/mol. The molecule has 7 heteroatoms. The summed E-state index contributed by atoms with van der Waals surface area (Å²) >= 11 is 1.53. The van der Waals surface area contributed by atoms with Crippen molar-refractivity contribution in [3.63, 3.8) is 0 Å². The highest BCUT2D eigenvalue weighted by Gasteiger charge is 2.36. The van der Waals surface area contributed by atoms with Crippen molar-refractivity contribution in [2.45, 2.75) is 30.5 Å². The van der Waals surface area contributed by atoms with Gasteiger partial charge in [-0.1, -0.05) is 30.0 Å². The fourth-order valence-electron chi connectivity index (χ4n) is 3.43. The number of nitrogens with one attached hydrogen (secondary N) is 1. The van der Waals surface area contributed by atoms with Gasteiger partial charge in [0, 0.05) is 23.4 Å². The summed E-state index contributed by atoms with van der Waals surface area (Å²) in [6.45, 7) is 3.74. The number of aromatic nitrogens is 3. The van der Waals surface area contributed by atoms with Crippen molar-refractivity contribution in [2.24, 2.45) is 0 Å². The summed E-state index contributed by atoms with van der Waals surface area (Å²) in [5.74, 6) is 2.39. The predicted octanol–water partition coefficient (Wildman–Crippen LogP) is 3.59. The number of Topliss-reactive ketones (excluding diaryl/α,β-unsaturated/α-hetero) is 1. The second-order valence-corrected chi connectivity index (χ2v) is 7.22. The molecule has 2 heterocycles. The van der Waals surface area contributed by atoms with Crippen molar-refractivity contribution in [1.29, 1.82) is 0 Å². The van der Waals surface area contributed by atoms with Crippen LogP contribution in [0.15, 0.2) is 53.3 Å². The van der Waals surface area contributed by atoms with Crippen LogP contribution in [0.3, 0.4) is 0 Å². The summed E-state index contributed by atoms with van der Waals surface area (Å²) in [4.78, 5) is 17.3. The number of carbonyl (C=O) groups is 1. The van der Waals surface area contributed by atoms with Crippen LogP contribution in [-0.2, 0) is 4.79 Å². The lowest BCUT2D eigenvalue weighted by molar-refractivity contribution is -0.116. The van der Waals surface area contributed by atoms with Gasteiger partial charge in [0.05, 0.1) is 7.11 Å². The maximum absolute atomic E-state index is 12.7. The molecule has 0 fully saturated rings. The Morgan fingerprint density at radius 1 is 1.38 bits per heavy atom. The average molecular weight is 368 g/mol. The molecule has 1 aromatic heterocycles. The number of ether oxygens (including phenoxy) is 1. The largest absolute Gasteiger partial charge is 0.497 e. The highest BCUT2D eigenvalue weighted by atomic mass is 32.2. The molecule has 0 bridgehead atoms. The number of anilines is 1. The maximum Gasteiger partial charge on any atom is 0.227 e. The van der Waals surface area contributed by atoms with Crippen LogP contribution >= 0.6 is 11.8 Å². The van der Waals surface area contributed by atoms with Crippen LogP contribution in [0.25, 0.3) is 0 Å². The van der Waals surface area contributed by atoms with E-state index in [-0.39, 0.29) is 11.8 Å². The summed E-state index contributed by atoms with van der Waals surface area (Å²) in [6, 6.07) is 7.54. The number of hydrogen-bond donors (Lipinski definition) is 1. The van der Waals surface area contributed by atoms with Gasteiger partial charge in [0.15, 0.2) is 5.78 Å². The van der Waals surface area contributed by atoms with Crippen LogP contribution in [-0.4, -0.2) is 33.4 Å². The summed E-state index contributed by atoms with van der Waals surface area (Å²) < 4.78 is 7.09. The number of ketones is 1. The van der Waals surface area contributed by atoms with Gasteiger partial charge in [0.2, 0.25) is 11.1 Å². The number of fused-ring (bicyclic) bond motifs is 1. The SMILES string of the molecule is C=CCSc1nc2n(n1)[C@@H](c1ccc(OC)cc1)C1=C(CCCC1=O)N2. The molecule has 0 unspecified atom stereocenters. The maximum atomic E-state index is 12.7. The van der Waals surface area contributed by atoms with Crippen LogP contribution in [0, 0.1) is 0 Å². The molecule has 0 radical (unpaired) electrons. The van der Waals surface area contributed by atoms with Crippen molar-refractivity contribution in [2.75, 3.05) is 18.2 Å². The number of methoxy groups -OCH3 is 1. The molecule has 1 N–H and O–H groups in total. The predicted molar refractivity (Wildman–Crippen MR) is 102 cm³/mol. The molecule has 1 aliphatic heterocycles. The molecule has 134 valence electrons. The molecule has 0 spiro atoms. The van der Waals surface area contributed by atoms with E-state index < -0.39 is 0 Å². The molecule has 0 saturated carbocycles. The fraction of sp³-hybridized carbons (Fsp3) is 0.316. The van der Waals surface area contributed by atoms with Gasteiger partial charge in [-0.25, -0.2) is 4.68 Å². The van der Waals surface area contributed by atoms with Gasteiger partial charge in [0.25, 0.3) is 0 Å². The number of nitrogens with zero attached hydrogens (tertiary/aromatic N) is 3. The van der Waals surface area contributed by atoms with Gasteiger partial charge >= 0.3 is 0 Å². The van der Waals surface area contributed by atoms with Crippen LogP contribution in [0.1, 0.15) is 30.9 Å². The Bertz CT molecular complexity index is 885. The third-order valence-electron chi connectivity index (χ3n) is 4.61. The molecule has 1 atom stereocenters. The van der Waals surface area contributed by atoms with Crippen molar-refractivity contribution >= 4 is 23.5 Å². The zero-order valence-corrected chi connectivity index (χ0v) is 15.4.